The number of rotatable bonds is 7. The fourth-order valence-corrected chi connectivity index (χ4v) is 5.34. The van der Waals surface area contributed by atoms with Crippen molar-refractivity contribution in [1.29, 1.82) is 0 Å². The molecular formula is C20H35ClN2O7S. The molecule has 0 spiro atoms. The fourth-order valence-electron chi connectivity index (χ4n) is 4.45. The van der Waals surface area contributed by atoms with Gasteiger partial charge in [-0.25, -0.2) is 4.79 Å². The van der Waals surface area contributed by atoms with Crippen molar-refractivity contribution in [3.63, 3.8) is 0 Å². The van der Waals surface area contributed by atoms with E-state index in [0.717, 1.165) is 19.3 Å². The van der Waals surface area contributed by atoms with E-state index in [1.165, 1.54) is 16.7 Å². The third-order valence-corrected chi connectivity index (χ3v) is 7.37. The van der Waals surface area contributed by atoms with Gasteiger partial charge >= 0.3 is 6.09 Å². The zero-order chi connectivity index (χ0) is 23.3. The van der Waals surface area contributed by atoms with E-state index in [0.29, 0.717) is 18.8 Å². The molecule has 5 N–H and O–H groups in total. The van der Waals surface area contributed by atoms with Gasteiger partial charge in [0.25, 0.3) is 0 Å². The zero-order valence-corrected chi connectivity index (χ0v) is 19.8. The van der Waals surface area contributed by atoms with E-state index in [9.17, 15) is 30.0 Å². The maximum absolute atomic E-state index is 13.2. The Hall–Kier alpha value is -0.780. The molecule has 0 aromatic rings. The average Bonchev–Trinajstić information content (AvgIpc) is 2.94. The molecule has 2 aliphatic rings. The lowest BCUT2D eigenvalue weighted by molar-refractivity contribution is -0.205. The molecule has 11 heteroatoms. The second-order valence-corrected chi connectivity index (χ2v) is 10.0. The van der Waals surface area contributed by atoms with Crippen LogP contribution in [0.25, 0.3) is 0 Å². The van der Waals surface area contributed by atoms with E-state index >= 15 is 0 Å². The Morgan fingerprint density at radius 3 is 2.42 bits per heavy atom. The predicted molar refractivity (Wildman–Crippen MR) is 118 cm³/mol. The summed E-state index contributed by atoms with van der Waals surface area (Å²) in [4.78, 5) is 26.1. The highest BCUT2D eigenvalue weighted by Crippen LogP contribution is 2.31. The van der Waals surface area contributed by atoms with Crippen LogP contribution in [0, 0.1) is 5.92 Å². The quantitative estimate of drug-likeness (QED) is 0.341. The standard InChI is InChI=1S/C20H35ClN2O7S/c1-4-5-11-6-7-12(23(9-8-11)20(28)29)18(27)22-13(10(2)21)17-15(25)14(24)16(26)19(30-17)31-3/h10-17,19,24-26H,4-9H2,1-3H3,(H,22,27)(H,28,29). The van der Waals surface area contributed by atoms with Gasteiger partial charge < -0.3 is 30.5 Å². The van der Waals surface area contributed by atoms with Gasteiger partial charge in [0.1, 0.15) is 35.9 Å². The summed E-state index contributed by atoms with van der Waals surface area (Å²) in [6, 6.07) is -1.77. The van der Waals surface area contributed by atoms with E-state index in [2.05, 4.69) is 12.2 Å². The van der Waals surface area contributed by atoms with Gasteiger partial charge in [-0.15, -0.1) is 23.4 Å². The first-order chi connectivity index (χ1) is 14.6. The van der Waals surface area contributed by atoms with Crippen molar-refractivity contribution in [2.75, 3.05) is 12.8 Å². The number of hydrogen-bond acceptors (Lipinski definition) is 7. The van der Waals surface area contributed by atoms with Crippen LogP contribution in [-0.2, 0) is 9.53 Å². The molecule has 0 bridgehead atoms. The van der Waals surface area contributed by atoms with E-state index in [4.69, 9.17) is 16.3 Å². The number of ether oxygens (including phenoxy) is 1. The Kier molecular flexibility index (Phi) is 10.2. The third kappa shape index (κ3) is 6.39. The van der Waals surface area contributed by atoms with Crippen molar-refractivity contribution in [3.8, 4) is 0 Å². The first kappa shape index (κ1) is 26.5. The summed E-state index contributed by atoms with van der Waals surface area (Å²) in [6.07, 6.45) is -0.899. The van der Waals surface area contributed by atoms with Crippen LogP contribution in [0.4, 0.5) is 4.79 Å². The Morgan fingerprint density at radius 1 is 1.19 bits per heavy atom. The van der Waals surface area contributed by atoms with Crippen LogP contribution in [0.5, 0.6) is 0 Å². The Labute approximate surface area is 192 Å². The van der Waals surface area contributed by atoms with Crippen molar-refractivity contribution in [1.82, 2.24) is 10.2 Å². The van der Waals surface area contributed by atoms with Crippen LogP contribution >= 0.6 is 23.4 Å². The van der Waals surface area contributed by atoms with Gasteiger partial charge in [0, 0.05) is 6.54 Å². The Morgan fingerprint density at radius 2 is 1.87 bits per heavy atom. The number of aliphatic hydroxyl groups is 3. The summed E-state index contributed by atoms with van der Waals surface area (Å²) < 4.78 is 5.76. The molecule has 2 aliphatic heterocycles. The number of thioether (sulfide) groups is 1. The highest BCUT2D eigenvalue weighted by molar-refractivity contribution is 7.99. The highest BCUT2D eigenvalue weighted by atomic mass is 35.5. The molecule has 31 heavy (non-hydrogen) atoms. The smallest absolute Gasteiger partial charge is 0.407 e. The van der Waals surface area contributed by atoms with E-state index in [1.807, 2.05) is 0 Å². The van der Waals surface area contributed by atoms with Crippen molar-refractivity contribution >= 4 is 35.4 Å². The van der Waals surface area contributed by atoms with Gasteiger partial charge in [-0.1, -0.05) is 19.8 Å². The van der Waals surface area contributed by atoms with E-state index in [-0.39, 0.29) is 6.54 Å². The average molecular weight is 483 g/mol. The number of carbonyl (C=O) groups excluding carboxylic acids is 1. The number of aliphatic hydroxyl groups excluding tert-OH is 3. The number of likely N-dealkylation sites (tertiary alicyclic amines) is 1. The zero-order valence-electron chi connectivity index (χ0n) is 18.2. The summed E-state index contributed by atoms with van der Waals surface area (Å²) >= 11 is 7.48. The number of carboxylic acid groups (broad SMARTS) is 1. The maximum atomic E-state index is 13.2. The molecule has 9 atom stereocenters. The van der Waals surface area contributed by atoms with Crippen molar-refractivity contribution < 1.29 is 34.8 Å². The molecule has 180 valence electrons. The molecule has 2 saturated heterocycles. The number of hydrogen-bond donors (Lipinski definition) is 5. The van der Waals surface area contributed by atoms with Gasteiger partial charge in [-0.2, -0.15) is 0 Å². The SMILES string of the molecule is CCCC1CCC(C(=O)NC(C(C)Cl)C2OC(SC)C(O)C(O)C2O)N(C(=O)O)CC1. The van der Waals surface area contributed by atoms with Crippen molar-refractivity contribution in [3.05, 3.63) is 0 Å². The van der Waals surface area contributed by atoms with Gasteiger partial charge in [0.2, 0.25) is 5.91 Å². The summed E-state index contributed by atoms with van der Waals surface area (Å²) in [6.45, 7) is 3.98. The van der Waals surface area contributed by atoms with E-state index in [1.54, 1.807) is 13.2 Å². The molecule has 0 aliphatic carbocycles. The molecule has 2 amide bonds. The van der Waals surface area contributed by atoms with Gasteiger partial charge in [0.15, 0.2) is 0 Å². The minimum Gasteiger partial charge on any atom is -0.465 e. The molecule has 2 rings (SSSR count). The first-order valence-electron chi connectivity index (χ1n) is 10.8. The Bertz CT molecular complexity index is 612. The minimum absolute atomic E-state index is 0.279. The molecule has 0 aromatic carbocycles. The molecule has 0 saturated carbocycles. The number of amides is 2. The van der Waals surface area contributed by atoms with Crippen LogP contribution in [0.1, 0.15) is 46.0 Å². The first-order valence-corrected chi connectivity index (χ1v) is 12.5. The number of alkyl halides is 1. The molecule has 0 aromatic heterocycles. The van der Waals surface area contributed by atoms with Crippen LogP contribution in [0.15, 0.2) is 0 Å². The van der Waals surface area contributed by atoms with E-state index < -0.39 is 59.3 Å². The van der Waals surface area contributed by atoms with Gasteiger partial charge in [-0.05, 0) is 38.4 Å². The van der Waals surface area contributed by atoms with Gasteiger partial charge in [0.05, 0.1) is 11.4 Å². The molecular weight excluding hydrogens is 448 g/mol. The minimum atomic E-state index is -1.47. The van der Waals surface area contributed by atoms with Crippen molar-refractivity contribution in [2.24, 2.45) is 5.92 Å². The molecule has 9 unspecified atom stereocenters. The topological polar surface area (TPSA) is 140 Å². The number of carbonyl (C=O) groups is 2. The second kappa shape index (κ2) is 11.9. The molecule has 2 heterocycles. The summed E-state index contributed by atoms with van der Waals surface area (Å²) in [5.74, 6) is -0.135. The van der Waals surface area contributed by atoms with Crippen LogP contribution in [0.3, 0.4) is 0 Å². The predicted octanol–water partition coefficient (Wildman–Crippen LogP) is 1.22. The second-order valence-electron chi connectivity index (χ2n) is 8.40. The highest BCUT2D eigenvalue weighted by Gasteiger charge is 2.48. The molecule has 2 fully saturated rings. The lowest BCUT2D eigenvalue weighted by Gasteiger charge is -2.44. The number of nitrogens with one attached hydrogen (secondary N) is 1. The number of nitrogens with zero attached hydrogens (tertiary/aromatic N) is 1. The monoisotopic (exact) mass is 482 g/mol. The Balaban J connectivity index is 2.19. The van der Waals surface area contributed by atoms with Gasteiger partial charge in [-0.3, -0.25) is 9.69 Å². The molecule has 0 radical (unpaired) electrons. The third-order valence-electron chi connectivity index (χ3n) is 6.24. The maximum Gasteiger partial charge on any atom is 0.407 e. The summed E-state index contributed by atoms with van der Waals surface area (Å²) in [5, 5.41) is 42.5. The fraction of sp³-hybridized carbons (Fsp3) is 0.900. The van der Waals surface area contributed by atoms with Crippen LogP contribution < -0.4 is 5.32 Å². The summed E-state index contributed by atoms with van der Waals surface area (Å²) in [7, 11) is 0. The van der Waals surface area contributed by atoms with Crippen LogP contribution in [0.2, 0.25) is 0 Å². The lowest BCUT2D eigenvalue weighted by atomic mass is 9.92. The largest absolute Gasteiger partial charge is 0.465 e. The lowest BCUT2D eigenvalue weighted by Crippen LogP contribution is -2.65. The molecule has 9 nitrogen and oxygen atoms in total. The number of halogens is 1. The van der Waals surface area contributed by atoms with Crippen molar-refractivity contribution in [2.45, 2.75) is 93.3 Å². The summed E-state index contributed by atoms with van der Waals surface area (Å²) in [5.41, 5.74) is -0.804. The normalized spacial score (nSPS) is 36.4. The van der Waals surface area contributed by atoms with Crippen LogP contribution in [-0.4, -0.2) is 97.4 Å².